The number of ether oxygens (including phenoxy) is 2. The van der Waals surface area contributed by atoms with Crippen molar-refractivity contribution in [3.8, 4) is 34.1 Å². The Balaban J connectivity index is 1.55. The number of hydrogen-bond acceptors (Lipinski definition) is 4. The van der Waals surface area contributed by atoms with E-state index in [4.69, 9.17) is 14.5 Å². The van der Waals surface area contributed by atoms with Gasteiger partial charge in [0.1, 0.15) is 5.82 Å². The first-order valence-corrected chi connectivity index (χ1v) is 13.1. The maximum atomic E-state index is 5.64. The number of fused-ring (bicyclic) bond motifs is 1. The van der Waals surface area contributed by atoms with E-state index in [1.54, 1.807) is 0 Å². The molecule has 5 rings (SSSR count). The van der Waals surface area contributed by atoms with Crippen LogP contribution in [0.1, 0.15) is 44.4 Å². The first-order chi connectivity index (χ1) is 17.8. The van der Waals surface area contributed by atoms with Crippen LogP contribution in [0.25, 0.3) is 22.6 Å². The molecule has 0 fully saturated rings. The third-order valence-corrected chi connectivity index (χ3v) is 6.64. The summed E-state index contributed by atoms with van der Waals surface area (Å²) in [6, 6.07) is 27.5. The Bertz CT molecular complexity index is 1270. The smallest absolute Gasteiger partial charge is 0.231 e. The fraction of sp³-hybridized carbons (Fsp3) is 0.323. The van der Waals surface area contributed by atoms with Crippen molar-refractivity contribution < 1.29 is 9.47 Å². The van der Waals surface area contributed by atoms with E-state index in [1.807, 2.05) is 6.07 Å². The average Bonchev–Trinajstić information content (AvgIpc) is 3.53. The number of aromatic nitrogens is 2. The lowest BCUT2D eigenvalue weighted by atomic mass is 10.1. The molecule has 0 amide bonds. The molecule has 0 aliphatic carbocycles. The lowest BCUT2D eigenvalue weighted by molar-refractivity contribution is 0.174. The largest absolute Gasteiger partial charge is 0.454 e. The van der Waals surface area contributed by atoms with Gasteiger partial charge in [0.05, 0.1) is 11.4 Å². The molecule has 0 spiro atoms. The SMILES string of the molecule is CCCCn1c(-c2ccccc2)nc(-c2ccccc2)c1CN(CCC)Cc1ccc2c(c1)OCO2. The van der Waals surface area contributed by atoms with Crippen molar-refractivity contribution in [3.63, 3.8) is 0 Å². The second kappa shape index (κ2) is 11.4. The molecule has 0 radical (unpaired) electrons. The molecule has 1 aliphatic rings. The van der Waals surface area contributed by atoms with Crippen molar-refractivity contribution in [2.24, 2.45) is 0 Å². The van der Waals surface area contributed by atoms with Crippen molar-refractivity contribution in [2.45, 2.75) is 52.7 Å². The summed E-state index contributed by atoms with van der Waals surface area (Å²) < 4.78 is 13.6. The molecule has 36 heavy (non-hydrogen) atoms. The highest BCUT2D eigenvalue weighted by Crippen LogP contribution is 2.34. The molecule has 0 unspecified atom stereocenters. The van der Waals surface area contributed by atoms with Crippen LogP contribution in [-0.4, -0.2) is 27.8 Å². The second-order valence-corrected chi connectivity index (χ2v) is 9.37. The van der Waals surface area contributed by atoms with E-state index in [0.717, 1.165) is 74.0 Å². The van der Waals surface area contributed by atoms with Crippen LogP contribution in [0.2, 0.25) is 0 Å². The Labute approximate surface area is 214 Å². The minimum atomic E-state index is 0.302. The minimum Gasteiger partial charge on any atom is -0.454 e. The molecule has 0 bridgehead atoms. The van der Waals surface area contributed by atoms with E-state index < -0.39 is 0 Å². The first-order valence-electron chi connectivity index (χ1n) is 13.1. The van der Waals surface area contributed by atoms with Gasteiger partial charge in [0.15, 0.2) is 11.5 Å². The Hall–Kier alpha value is -3.57. The van der Waals surface area contributed by atoms with Gasteiger partial charge >= 0.3 is 0 Å². The Kier molecular flexibility index (Phi) is 7.67. The molecule has 4 aromatic rings. The fourth-order valence-electron chi connectivity index (χ4n) is 4.88. The number of unbranched alkanes of at least 4 members (excludes halogenated alkanes) is 1. The molecule has 2 heterocycles. The fourth-order valence-corrected chi connectivity index (χ4v) is 4.88. The summed E-state index contributed by atoms with van der Waals surface area (Å²) in [5, 5.41) is 0. The number of hydrogen-bond donors (Lipinski definition) is 0. The quantitative estimate of drug-likeness (QED) is 0.228. The summed E-state index contributed by atoms with van der Waals surface area (Å²) in [4.78, 5) is 7.80. The van der Waals surface area contributed by atoms with Crippen molar-refractivity contribution in [3.05, 3.63) is 90.1 Å². The Morgan fingerprint density at radius 2 is 1.53 bits per heavy atom. The van der Waals surface area contributed by atoms with Crippen molar-refractivity contribution >= 4 is 0 Å². The van der Waals surface area contributed by atoms with Gasteiger partial charge in [-0.15, -0.1) is 0 Å². The van der Waals surface area contributed by atoms with Crippen LogP contribution >= 0.6 is 0 Å². The van der Waals surface area contributed by atoms with Gasteiger partial charge in [-0.2, -0.15) is 0 Å². The Morgan fingerprint density at radius 3 is 2.25 bits per heavy atom. The zero-order chi connectivity index (χ0) is 24.7. The highest BCUT2D eigenvalue weighted by Gasteiger charge is 2.22. The molecule has 0 N–H and O–H groups in total. The van der Waals surface area contributed by atoms with Crippen molar-refractivity contribution in [1.82, 2.24) is 14.5 Å². The number of benzene rings is 3. The predicted molar refractivity (Wildman–Crippen MR) is 145 cm³/mol. The monoisotopic (exact) mass is 481 g/mol. The third-order valence-electron chi connectivity index (χ3n) is 6.64. The van der Waals surface area contributed by atoms with E-state index in [2.05, 4.69) is 96.1 Å². The predicted octanol–water partition coefficient (Wildman–Crippen LogP) is 7.16. The van der Waals surface area contributed by atoms with Crippen molar-refractivity contribution in [2.75, 3.05) is 13.3 Å². The van der Waals surface area contributed by atoms with Gasteiger partial charge < -0.3 is 14.0 Å². The van der Waals surface area contributed by atoms with Crippen LogP contribution in [0.5, 0.6) is 11.5 Å². The van der Waals surface area contributed by atoms with E-state index in [1.165, 1.54) is 16.8 Å². The Morgan fingerprint density at radius 1 is 0.806 bits per heavy atom. The summed E-state index contributed by atoms with van der Waals surface area (Å²) in [7, 11) is 0. The topological polar surface area (TPSA) is 39.5 Å². The van der Waals surface area contributed by atoms with Gasteiger partial charge in [0.2, 0.25) is 6.79 Å². The molecular weight excluding hydrogens is 446 g/mol. The van der Waals surface area contributed by atoms with Gasteiger partial charge in [-0.05, 0) is 37.1 Å². The standard InChI is InChI=1S/C31H35N3O2/c1-3-5-19-34-27(22-33(18-4-2)21-24-16-17-28-29(20-24)36-23-35-28)30(25-12-8-6-9-13-25)32-31(34)26-14-10-7-11-15-26/h6-17,20H,3-5,18-19,21-23H2,1-2H3. The van der Waals surface area contributed by atoms with Gasteiger partial charge in [0.25, 0.3) is 0 Å². The number of imidazole rings is 1. The number of nitrogens with zero attached hydrogens (tertiary/aromatic N) is 3. The normalized spacial score (nSPS) is 12.4. The van der Waals surface area contributed by atoms with Crippen LogP contribution in [0.3, 0.4) is 0 Å². The zero-order valence-electron chi connectivity index (χ0n) is 21.3. The molecule has 0 saturated heterocycles. The summed E-state index contributed by atoms with van der Waals surface area (Å²) in [5.74, 6) is 2.73. The molecule has 1 aliphatic heterocycles. The lowest BCUT2D eigenvalue weighted by Crippen LogP contribution is -2.25. The molecule has 186 valence electrons. The summed E-state index contributed by atoms with van der Waals surface area (Å²) in [6.45, 7) is 8.43. The molecule has 0 atom stereocenters. The van der Waals surface area contributed by atoms with E-state index in [0.29, 0.717) is 6.79 Å². The first kappa shape index (κ1) is 24.1. The van der Waals surface area contributed by atoms with Crippen LogP contribution in [-0.2, 0) is 19.6 Å². The van der Waals surface area contributed by atoms with E-state index >= 15 is 0 Å². The van der Waals surface area contributed by atoms with Crippen LogP contribution in [0.4, 0.5) is 0 Å². The maximum absolute atomic E-state index is 5.64. The number of rotatable bonds is 11. The van der Waals surface area contributed by atoms with E-state index in [-0.39, 0.29) is 0 Å². The minimum absolute atomic E-state index is 0.302. The lowest BCUT2D eigenvalue weighted by Gasteiger charge is -2.24. The summed E-state index contributed by atoms with van der Waals surface area (Å²) in [5.41, 5.74) is 5.92. The summed E-state index contributed by atoms with van der Waals surface area (Å²) in [6.07, 6.45) is 3.34. The molecule has 5 heteroatoms. The zero-order valence-corrected chi connectivity index (χ0v) is 21.3. The highest BCUT2D eigenvalue weighted by atomic mass is 16.7. The van der Waals surface area contributed by atoms with Crippen LogP contribution in [0, 0.1) is 0 Å². The molecule has 5 nitrogen and oxygen atoms in total. The third kappa shape index (κ3) is 5.31. The maximum Gasteiger partial charge on any atom is 0.231 e. The molecule has 0 saturated carbocycles. The van der Waals surface area contributed by atoms with Crippen LogP contribution < -0.4 is 9.47 Å². The molecule has 3 aromatic carbocycles. The molecular formula is C31H35N3O2. The average molecular weight is 482 g/mol. The molecule has 1 aromatic heterocycles. The summed E-state index contributed by atoms with van der Waals surface area (Å²) >= 11 is 0. The van der Waals surface area contributed by atoms with E-state index in [9.17, 15) is 0 Å². The second-order valence-electron chi connectivity index (χ2n) is 9.37. The van der Waals surface area contributed by atoms with Crippen LogP contribution in [0.15, 0.2) is 78.9 Å². The van der Waals surface area contributed by atoms with Gasteiger partial charge in [-0.25, -0.2) is 4.98 Å². The van der Waals surface area contributed by atoms with Gasteiger partial charge in [-0.1, -0.05) is 87.0 Å². The highest BCUT2D eigenvalue weighted by molar-refractivity contribution is 5.68. The van der Waals surface area contributed by atoms with Gasteiger partial charge in [-0.3, -0.25) is 4.90 Å². The van der Waals surface area contributed by atoms with Gasteiger partial charge in [0, 0.05) is 30.8 Å². The van der Waals surface area contributed by atoms with Crippen molar-refractivity contribution in [1.29, 1.82) is 0 Å².